The Kier molecular flexibility index (Phi) is 4.42. The van der Waals surface area contributed by atoms with E-state index in [2.05, 4.69) is 20.9 Å². The molecule has 0 bridgehead atoms. The van der Waals surface area contributed by atoms with Crippen molar-refractivity contribution in [3.8, 4) is 5.88 Å². The van der Waals surface area contributed by atoms with E-state index in [1.165, 1.54) is 11.3 Å². The lowest BCUT2D eigenvalue weighted by Crippen LogP contribution is -2.14. The van der Waals surface area contributed by atoms with E-state index in [1.807, 2.05) is 30.5 Å². The zero-order valence-electron chi connectivity index (χ0n) is 12.7. The Labute approximate surface area is 157 Å². The number of hydrogen-bond donors (Lipinski definition) is 1. The largest absolute Gasteiger partial charge is 0.493 e. The van der Waals surface area contributed by atoms with Crippen LogP contribution in [0.4, 0.5) is 5.69 Å². The highest BCUT2D eigenvalue weighted by atomic mass is 79.9. The van der Waals surface area contributed by atoms with Gasteiger partial charge in [0.05, 0.1) is 23.2 Å². The van der Waals surface area contributed by atoms with Crippen LogP contribution in [0.5, 0.6) is 5.88 Å². The minimum atomic E-state index is 0.141. The first-order chi connectivity index (χ1) is 11.6. The van der Waals surface area contributed by atoms with Crippen LogP contribution >= 0.6 is 39.5 Å². The maximum atomic E-state index is 10.6. The molecule has 0 unspecified atom stereocenters. The minimum Gasteiger partial charge on any atom is -0.493 e. The van der Waals surface area contributed by atoms with Gasteiger partial charge in [-0.25, -0.2) is 0 Å². The van der Waals surface area contributed by atoms with Gasteiger partial charge < -0.3 is 9.84 Å². The predicted octanol–water partition coefficient (Wildman–Crippen LogP) is 5.18. The van der Waals surface area contributed by atoms with Gasteiger partial charge in [0.15, 0.2) is 3.95 Å². The number of aromatic hydroxyl groups is 1. The second kappa shape index (κ2) is 6.55. The van der Waals surface area contributed by atoms with Crippen molar-refractivity contribution in [2.24, 2.45) is 4.99 Å². The van der Waals surface area contributed by atoms with Crippen molar-refractivity contribution < 1.29 is 9.84 Å². The van der Waals surface area contributed by atoms with E-state index >= 15 is 0 Å². The first-order valence-electron chi connectivity index (χ1n) is 7.72. The number of ether oxygens (including phenoxy) is 1. The Morgan fingerprint density at radius 1 is 1.50 bits per heavy atom. The lowest BCUT2D eigenvalue weighted by atomic mass is 10.1. The maximum Gasteiger partial charge on any atom is 0.210 e. The number of nitrogens with zero attached hydrogens (tertiary/aromatic N) is 2. The molecule has 0 spiro atoms. The van der Waals surface area contributed by atoms with Crippen LogP contribution in [0.25, 0.3) is 11.6 Å². The normalized spacial score (nSPS) is 20.9. The number of benzene rings is 1. The lowest BCUT2D eigenvalue weighted by Gasteiger charge is -2.11. The van der Waals surface area contributed by atoms with Gasteiger partial charge in [0, 0.05) is 28.4 Å². The summed E-state index contributed by atoms with van der Waals surface area (Å²) in [5.41, 5.74) is 2.96. The standard InChI is InChI=1S/C17H15BrN2O2S2/c18-11-3-4-14-13(7-11)10(8-19-14)6-15-16(21)20(17(23)24-15)9-12-2-1-5-22-12/h3-4,6-8,12,21H,1-2,5,9H2/t12-/m0/s1. The van der Waals surface area contributed by atoms with E-state index in [0.717, 1.165) is 45.6 Å². The zero-order valence-corrected chi connectivity index (χ0v) is 16.0. The molecule has 1 atom stereocenters. The first-order valence-corrected chi connectivity index (χ1v) is 9.73. The highest BCUT2D eigenvalue weighted by molar-refractivity contribution is 9.10. The van der Waals surface area contributed by atoms with E-state index in [9.17, 15) is 5.11 Å². The molecule has 2 aliphatic rings. The van der Waals surface area contributed by atoms with Crippen molar-refractivity contribution in [2.75, 3.05) is 6.61 Å². The SMILES string of the molecule is Oc1c(C=C2C=Nc3ccc(Br)cc32)sc(=S)n1C[C@@H]1CCCO1. The van der Waals surface area contributed by atoms with E-state index in [4.69, 9.17) is 17.0 Å². The first kappa shape index (κ1) is 16.2. The van der Waals surface area contributed by atoms with Crippen LogP contribution < -0.4 is 0 Å². The van der Waals surface area contributed by atoms with Gasteiger partial charge in [0.2, 0.25) is 5.88 Å². The molecule has 0 radical (unpaired) electrons. The molecular weight excluding hydrogens is 408 g/mol. The second-order valence-corrected chi connectivity index (χ2v) is 8.41. The van der Waals surface area contributed by atoms with Crippen molar-refractivity contribution in [1.82, 2.24) is 4.57 Å². The van der Waals surface area contributed by atoms with Crippen LogP contribution in [-0.2, 0) is 11.3 Å². The van der Waals surface area contributed by atoms with Crippen molar-refractivity contribution in [2.45, 2.75) is 25.5 Å². The molecule has 1 N–H and O–H groups in total. The number of fused-ring (bicyclic) bond motifs is 1. The molecule has 1 aromatic heterocycles. The molecule has 1 saturated heterocycles. The summed E-state index contributed by atoms with van der Waals surface area (Å²) in [4.78, 5) is 5.17. The summed E-state index contributed by atoms with van der Waals surface area (Å²) < 4.78 is 9.10. The fraction of sp³-hybridized carbons (Fsp3) is 0.294. The van der Waals surface area contributed by atoms with E-state index in [0.29, 0.717) is 10.5 Å². The summed E-state index contributed by atoms with van der Waals surface area (Å²) in [6, 6.07) is 5.98. The number of rotatable bonds is 3. The van der Waals surface area contributed by atoms with Crippen LogP contribution in [0.2, 0.25) is 0 Å². The van der Waals surface area contributed by atoms with Gasteiger partial charge in [-0.05, 0) is 49.3 Å². The van der Waals surface area contributed by atoms with Gasteiger partial charge in [-0.15, -0.1) is 11.3 Å². The molecule has 24 heavy (non-hydrogen) atoms. The second-order valence-electron chi connectivity index (χ2n) is 5.82. The van der Waals surface area contributed by atoms with E-state index in [-0.39, 0.29) is 12.0 Å². The van der Waals surface area contributed by atoms with Crippen LogP contribution in [0, 0.1) is 3.95 Å². The number of aliphatic imine (C=N–C) groups is 1. The monoisotopic (exact) mass is 422 g/mol. The predicted molar refractivity (Wildman–Crippen MR) is 104 cm³/mol. The highest BCUT2D eigenvalue weighted by Crippen LogP contribution is 2.37. The molecule has 1 aromatic carbocycles. The van der Waals surface area contributed by atoms with Crippen LogP contribution in [0.1, 0.15) is 23.3 Å². The van der Waals surface area contributed by atoms with Crippen molar-refractivity contribution in [3.63, 3.8) is 0 Å². The van der Waals surface area contributed by atoms with Crippen LogP contribution in [0.3, 0.4) is 0 Å². The van der Waals surface area contributed by atoms with Crippen LogP contribution in [0.15, 0.2) is 27.7 Å². The van der Waals surface area contributed by atoms with Gasteiger partial charge in [-0.2, -0.15) is 0 Å². The molecule has 7 heteroatoms. The quantitative estimate of drug-likeness (QED) is 0.692. The summed E-state index contributed by atoms with van der Waals surface area (Å²) in [6.45, 7) is 1.41. The highest BCUT2D eigenvalue weighted by Gasteiger charge is 2.20. The zero-order chi connectivity index (χ0) is 16.7. The topological polar surface area (TPSA) is 46.8 Å². The fourth-order valence-electron chi connectivity index (χ4n) is 2.98. The molecular formula is C17H15BrN2O2S2. The van der Waals surface area contributed by atoms with Crippen molar-refractivity contribution in [1.29, 1.82) is 0 Å². The average molecular weight is 423 g/mol. The van der Waals surface area contributed by atoms with Gasteiger partial charge in [-0.3, -0.25) is 9.56 Å². The Balaban J connectivity index is 1.68. The Bertz CT molecular complexity index is 908. The Morgan fingerprint density at radius 2 is 2.38 bits per heavy atom. The molecule has 1 fully saturated rings. The van der Waals surface area contributed by atoms with Gasteiger partial charge in [-0.1, -0.05) is 15.9 Å². The molecule has 4 nitrogen and oxygen atoms in total. The third-order valence-electron chi connectivity index (χ3n) is 4.20. The smallest absolute Gasteiger partial charge is 0.210 e. The molecule has 124 valence electrons. The summed E-state index contributed by atoms with van der Waals surface area (Å²) in [5.74, 6) is 0.213. The van der Waals surface area contributed by atoms with E-state index in [1.54, 1.807) is 4.57 Å². The van der Waals surface area contributed by atoms with E-state index < -0.39 is 0 Å². The number of halogens is 1. The Morgan fingerprint density at radius 3 is 3.17 bits per heavy atom. The molecule has 2 aromatic rings. The third kappa shape index (κ3) is 3.01. The van der Waals surface area contributed by atoms with Gasteiger partial charge >= 0.3 is 0 Å². The Hall–Kier alpha value is -1.28. The number of allylic oxidation sites excluding steroid dienone is 1. The van der Waals surface area contributed by atoms with Crippen LogP contribution in [-0.4, -0.2) is 28.6 Å². The number of aromatic nitrogens is 1. The van der Waals surface area contributed by atoms with Gasteiger partial charge in [0.1, 0.15) is 0 Å². The molecule has 4 rings (SSSR count). The third-order valence-corrected chi connectivity index (χ3v) is 6.08. The molecule has 0 amide bonds. The maximum absolute atomic E-state index is 10.6. The van der Waals surface area contributed by atoms with Crippen molar-refractivity contribution >= 4 is 63.0 Å². The minimum absolute atomic E-state index is 0.141. The fourth-order valence-corrected chi connectivity index (χ4v) is 4.62. The van der Waals surface area contributed by atoms with Crippen molar-refractivity contribution in [3.05, 3.63) is 37.1 Å². The average Bonchev–Trinajstić information content (AvgIpc) is 3.26. The number of thiazole rings is 1. The summed E-state index contributed by atoms with van der Waals surface area (Å²) >= 11 is 10.3. The molecule has 0 saturated carbocycles. The lowest BCUT2D eigenvalue weighted by molar-refractivity contribution is 0.0948. The molecule has 2 aliphatic heterocycles. The van der Waals surface area contributed by atoms with Gasteiger partial charge in [0.25, 0.3) is 0 Å². The molecule has 0 aliphatic carbocycles. The summed E-state index contributed by atoms with van der Waals surface area (Å²) in [7, 11) is 0. The molecule has 3 heterocycles. The summed E-state index contributed by atoms with van der Waals surface area (Å²) in [5, 5.41) is 10.6. The summed E-state index contributed by atoms with van der Waals surface area (Å²) in [6.07, 6.45) is 6.00. The number of hydrogen-bond acceptors (Lipinski definition) is 5.